The maximum absolute atomic E-state index is 6.09. The molecule has 23 heavy (non-hydrogen) atoms. The van der Waals surface area contributed by atoms with Crippen molar-refractivity contribution in [3.8, 4) is 0 Å². The van der Waals surface area contributed by atoms with E-state index < -0.39 is 0 Å². The molecular formula is C17H26N4O2. The molecule has 0 bridgehead atoms. The molecule has 6 nitrogen and oxygen atoms in total. The van der Waals surface area contributed by atoms with Crippen LogP contribution in [0.1, 0.15) is 30.9 Å². The van der Waals surface area contributed by atoms with Gasteiger partial charge < -0.3 is 9.47 Å². The Morgan fingerprint density at radius 1 is 1.39 bits per heavy atom. The molecule has 1 fully saturated rings. The van der Waals surface area contributed by atoms with Crippen molar-refractivity contribution in [2.24, 2.45) is 0 Å². The highest BCUT2D eigenvalue weighted by molar-refractivity contribution is 5.35. The summed E-state index contributed by atoms with van der Waals surface area (Å²) < 4.78 is 13.5. The van der Waals surface area contributed by atoms with Crippen LogP contribution in [0, 0.1) is 13.8 Å². The van der Waals surface area contributed by atoms with Crippen molar-refractivity contribution in [1.29, 1.82) is 0 Å². The first-order valence-electron chi connectivity index (χ1n) is 8.07. The van der Waals surface area contributed by atoms with Crippen LogP contribution in [0.4, 0.5) is 0 Å². The van der Waals surface area contributed by atoms with Gasteiger partial charge >= 0.3 is 0 Å². The zero-order valence-corrected chi connectivity index (χ0v) is 14.7. The van der Waals surface area contributed by atoms with Crippen LogP contribution in [-0.2, 0) is 16.0 Å². The molecule has 0 aromatic carbocycles. The lowest BCUT2D eigenvalue weighted by molar-refractivity contribution is -0.154. The number of methoxy groups -OCH3 is 1. The number of aryl methyl sites for hydroxylation is 2. The van der Waals surface area contributed by atoms with E-state index in [0.29, 0.717) is 6.61 Å². The number of hydrogen-bond donors (Lipinski definition) is 0. The monoisotopic (exact) mass is 318 g/mol. The first-order valence-corrected chi connectivity index (χ1v) is 8.07. The topological polar surface area (TPSA) is 51.9 Å². The molecular weight excluding hydrogens is 292 g/mol. The Balaban J connectivity index is 1.83. The van der Waals surface area contributed by atoms with E-state index in [2.05, 4.69) is 46.1 Å². The first-order chi connectivity index (χ1) is 10.9. The number of morpholine rings is 1. The summed E-state index contributed by atoms with van der Waals surface area (Å²) in [6, 6.07) is 2.09. The SMILES string of the molecule is COCC1CN(Cc2cnc3nc(C)cc(C)n23)CC(C)(C)O1. The van der Waals surface area contributed by atoms with Gasteiger partial charge in [-0.05, 0) is 33.8 Å². The minimum Gasteiger partial charge on any atom is -0.382 e. The van der Waals surface area contributed by atoms with Crippen LogP contribution in [0.15, 0.2) is 12.3 Å². The van der Waals surface area contributed by atoms with Crippen molar-refractivity contribution >= 4 is 5.78 Å². The number of imidazole rings is 1. The second-order valence-electron chi connectivity index (χ2n) is 7.05. The standard InChI is InChI=1S/C17H26N4O2/c1-12-6-13(2)21-14(7-18-16(21)19-12)8-20-9-15(10-22-5)23-17(3,4)11-20/h6-7,15H,8-11H2,1-5H3. The molecule has 0 N–H and O–H groups in total. The smallest absolute Gasteiger partial charge is 0.234 e. The average Bonchev–Trinajstić information content (AvgIpc) is 2.80. The molecule has 1 atom stereocenters. The van der Waals surface area contributed by atoms with E-state index >= 15 is 0 Å². The van der Waals surface area contributed by atoms with Gasteiger partial charge in [0.15, 0.2) is 0 Å². The van der Waals surface area contributed by atoms with Crippen LogP contribution in [0.2, 0.25) is 0 Å². The molecule has 0 amide bonds. The lowest BCUT2D eigenvalue weighted by atomic mass is 10.1. The minimum absolute atomic E-state index is 0.101. The van der Waals surface area contributed by atoms with E-state index in [1.165, 1.54) is 11.4 Å². The zero-order valence-electron chi connectivity index (χ0n) is 14.7. The predicted molar refractivity (Wildman–Crippen MR) is 88.6 cm³/mol. The van der Waals surface area contributed by atoms with Crippen LogP contribution in [-0.4, -0.2) is 57.8 Å². The Morgan fingerprint density at radius 2 is 2.17 bits per heavy atom. The van der Waals surface area contributed by atoms with E-state index in [0.717, 1.165) is 31.1 Å². The molecule has 0 saturated carbocycles. The molecule has 6 heteroatoms. The Bertz CT molecular complexity index is 695. The number of ether oxygens (including phenoxy) is 2. The third-order valence-corrected chi connectivity index (χ3v) is 4.15. The van der Waals surface area contributed by atoms with E-state index in [4.69, 9.17) is 9.47 Å². The van der Waals surface area contributed by atoms with Crippen LogP contribution in [0.25, 0.3) is 5.78 Å². The number of hydrogen-bond acceptors (Lipinski definition) is 5. The highest BCUT2D eigenvalue weighted by Gasteiger charge is 2.33. The summed E-state index contributed by atoms with van der Waals surface area (Å²) in [6.07, 6.45) is 2.03. The first kappa shape index (κ1) is 16.4. The molecule has 0 radical (unpaired) electrons. The molecule has 2 aromatic heterocycles. The largest absolute Gasteiger partial charge is 0.382 e. The van der Waals surface area contributed by atoms with E-state index in [9.17, 15) is 0 Å². The molecule has 1 unspecified atom stereocenters. The van der Waals surface area contributed by atoms with Crippen LogP contribution < -0.4 is 0 Å². The predicted octanol–water partition coefficient (Wildman–Crippen LogP) is 1.97. The van der Waals surface area contributed by atoms with Gasteiger partial charge in [-0.25, -0.2) is 9.97 Å². The van der Waals surface area contributed by atoms with Crippen LogP contribution >= 0.6 is 0 Å². The van der Waals surface area contributed by atoms with E-state index in [-0.39, 0.29) is 11.7 Å². The molecule has 2 aromatic rings. The highest BCUT2D eigenvalue weighted by Crippen LogP contribution is 2.23. The zero-order chi connectivity index (χ0) is 16.6. The van der Waals surface area contributed by atoms with Crippen LogP contribution in [0.5, 0.6) is 0 Å². The number of fused-ring (bicyclic) bond motifs is 1. The van der Waals surface area contributed by atoms with Crippen molar-refractivity contribution in [3.05, 3.63) is 29.3 Å². The van der Waals surface area contributed by atoms with Gasteiger partial charge in [0.25, 0.3) is 0 Å². The molecule has 3 heterocycles. The van der Waals surface area contributed by atoms with Gasteiger partial charge in [-0.2, -0.15) is 0 Å². The summed E-state index contributed by atoms with van der Waals surface area (Å²) in [5.41, 5.74) is 3.16. The molecule has 0 aliphatic carbocycles. The lowest BCUT2D eigenvalue weighted by Crippen LogP contribution is -2.53. The van der Waals surface area contributed by atoms with Gasteiger partial charge in [0, 0.05) is 38.1 Å². The van der Waals surface area contributed by atoms with Gasteiger partial charge in [-0.3, -0.25) is 9.30 Å². The fourth-order valence-corrected chi connectivity index (χ4v) is 3.55. The molecule has 1 saturated heterocycles. The lowest BCUT2D eigenvalue weighted by Gasteiger charge is -2.42. The maximum atomic E-state index is 6.09. The normalized spacial score (nSPS) is 21.9. The Morgan fingerprint density at radius 3 is 2.91 bits per heavy atom. The van der Waals surface area contributed by atoms with Crippen molar-refractivity contribution in [2.75, 3.05) is 26.8 Å². The summed E-state index contributed by atoms with van der Waals surface area (Å²) in [4.78, 5) is 11.4. The summed E-state index contributed by atoms with van der Waals surface area (Å²) in [7, 11) is 1.72. The fourth-order valence-electron chi connectivity index (χ4n) is 3.55. The van der Waals surface area contributed by atoms with Gasteiger partial charge in [0.05, 0.1) is 30.2 Å². The second kappa shape index (κ2) is 6.19. The van der Waals surface area contributed by atoms with Gasteiger partial charge in [0.1, 0.15) is 0 Å². The number of aromatic nitrogens is 3. The molecule has 1 aliphatic heterocycles. The maximum Gasteiger partial charge on any atom is 0.234 e. The molecule has 3 rings (SSSR count). The molecule has 0 spiro atoms. The summed E-state index contributed by atoms with van der Waals surface area (Å²) >= 11 is 0. The molecule has 126 valence electrons. The van der Waals surface area contributed by atoms with Crippen molar-refractivity contribution < 1.29 is 9.47 Å². The Labute approximate surface area is 137 Å². The Hall–Kier alpha value is -1.50. The van der Waals surface area contributed by atoms with E-state index in [1.54, 1.807) is 7.11 Å². The van der Waals surface area contributed by atoms with Crippen LogP contribution in [0.3, 0.4) is 0 Å². The summed E-state index contributed by atoms with van der Waals surface area (Å²) in [5.74, 6) is 0.776. The second-order valence-corrected chi connectivity index (χ2v) is 7.05. The number of nitrogens with zero attached hydrogens (tertiary/aromatic N) is 4. The van der Waals surface area contributed by atoms with Crippen molar-refractivity contribution in [3.63, 3.8) is 0 Å². The van der Waals surface area contributed by atoms with E-state index in [1.807, 2.05) is 13.1 Å². The third kappa shape index (κ3) is 3.54. The van der Waals surface area contributed by atoms with Crippen molar-refractivity contribution in [1.82, 2.24) is 19.3 Å². The summed E-state index contributed by atoms with van der Waals surface area (Å²) in [5, 5.41) is 0. The molecule has 1 aliphatic rings. The Kier molecular flexibility index (Phi) is 4.40. The van der Waals surface area contributed by atoms with Gasteiger partial charge in [0.2, 0.25) is 5.78 Å². The average molecular weight is 318 g/mol. The summed E-state index contributed by atoms with van der Waals surface area (Å²) in [6.45, 7) is 11.6. The quantitative estimate of drug-likeness (QED) is 0.863. The van der Waals surface area contributed by atoms with Gasteiger partial charge in [-0.15, -0.1) is 0 Å². The third-order valence-electron chi connectivity index (χ3n) is 4.15. The highest BCUT2D eigenvalue weighted by atomic mass is 16.5. The van der Waals surface area contributed by atoms with Gasteiger partial charge in [-0.1, -0.05) is 0 Å². The minimum atomic E-state index is -0.175. The fraction of sp³-hybridized carbons (Fsp3) is 0.647. The number of rotatable bonds is 4. The van der Waals surface area contributed by atoms with Crippen molar-refractivity contribution in [2.45, 2.75) is 45.9 Å².